The monoisotopic (exact) mass is 230 g/mol. The van der Waals surface area contributed by atoms with E-state index in [1.807, 2.05) is 0 Å². The van der Waals surface area contributed by atoms with Crippen molar-refractivity contribution in [2.75, 3.05) is 26.8 Å². The van der Waals surface area contributed by atoms with Crippen LogP contribution in [-0.2, 0) is 9.53 Å². The fourth-order valence-corrected chi connectivity index (χ4v) is 1.73. The van der Waals surface area contributed by atoms with Crippen LogP contribution in [0.5, 0.6) is 0 Å². The molecule has 0 aromatic heterocycles. The molecule has 0 radical (unpaired) electrons. The first kappa shape index (κ1) is 12.8. The quantitative estimate of drug-likeness (QED) is 0.720. The number of ether oxygens (including phenoxy) is 1. The lowest BCUT2D eigenvalue weighted by Gasteiger charge is -2.19. The molecule has 2 amide bonds. The van der Waals surface area contributed by atoms with Crippen molar-refractivity contribution >= 4 is 12.0 Å². The number of carbonyl (C=O) groups excluding carboxylic acids is 1. The molecule has 1 unspecified atom stereocenters. The van der Waals surface area contributed by atoms with Crippen LogP contribution < -0.4 is 5.32 Å². The third kappa shape index (κ3) is 3.37. The summed E-state index contributed by atoms with van der Waals surface area (Å²) in [6.07, 6.45) is 0.905. The summed E-state index contributed by atoms with van der Waals surface area (Å²) in [7, 11) is 1.63. The summed E-state index contributed by atoms with van der Waals surface area (Å²) < 4.78 is 5.02. The van der Waals surface area contributed by atoms with Crippen LogP contribution in [0.3, 0.4) is 0 Å². The number of urea groups is 1. The molecule has 6 heteroatoms. The minimum atomic E-state index is -1.03. The Morgan fingerprint density at radius 1 is 1.62 bits per heavy atom. The van der Waals surface area contributed by atoms with Gasteiger partial charge < -0.3 is 20.1 Å². The zero-order valence-corrected chi connectivity index (χ0v) is 9.60. The fourth-order valence-electron chi connectivity index (χ4n) is 1.73. The molecule has 2 atom stereocenters. The van der Waals surface area contributed by atoms with Gasteiger partial charge in [0.15, 0.2) is 0 Å². The minimum Gasteiger partial charge on any atom is -0.480 e. The first-order valence-corrected chi connectivity index (χ1v) is 5.31. The van der Waals surface area contributed by atoms with Crippen LogP contribution in [0.15, 0.2) is 0 Å². The number of carboxylic acids is 1. The number of carboxylic acid groups (broad SMARTS) is 1. The SMILES string of the molecule is COCC1CCN(C(=O)N[C@@H](C)C(=O)O)C1. The molecule has 92 valence electrons. The van der Waals surface area contributed by atoms with Gasteiger partial charge in [0.25, 0.3) is 0 Å². The van der Waals surface area contributed by atoms with Crippen LogP contribution >= 0.6 is 0 Å². The van der Waals surface area contributed by atoms with E-state index in [1.54, 1.807) is 12.0 Å². The second-order valence-electron chi connectivity index (χ2n) is 4.07. The lowest BCUT2D eigenvalue weighted by Crippen LogP contribution is -2.45. The summed E-state index contributed by atoms with van der Waals surface area (Å²) in [5.74, 6) is -0.670. The Balaban J connectivity index is 2.36. The normalized spacial score (nSPS) is 21.9. The second kappa shape index (κ2) is 5.69. The molecule has 1 heterocycles. The van der Waals surface area contributed by atoms with Crippen LogP contribution in [0.2, 0.25) is 0 Å². The molecule has 0 spiro atoms. The lowest BCUT2D eigenvalue weighted by molar-refractivity contribution is -0.138. The van der Waals surface area contributed by atoms with Crippen molar-refractivity contribution in [2.24, 2.45) is 5.92 Å². The van der Waals surface area contributed by atoms with Crippen LogP contribution in [-0.4, -0.2) is 54.9 Å². The molecule has 0 aromatic rings. The number of hydrogen-bond acceptors (Lipinski definition) is 3. The van der Waals surface area contributed by atoms with Gasteiger partial charge in [0.05, 0.1) is 6.61 Å². The van der Waals surface area contributed by atoms with Gasteiger partial charge in [-0.3, -0.25) is 4.79 Å². The predicted molar refractivity (Wildman–Crippen MR) is 57.2 cm³/mol. The van der Waals surface area contributed by atoms with E-state index in [-0.39, 0.29) is 6.03 Å². The van der Waals surface area contributed by atoms with Crippen LogP contribution in [0.25, 0.3) is 0 Å². The average Bonchev–Trinajstić information content (AvgIpc) is 2.66. The van der Waals surface area contributed by atoms with Gasteiger partial charge in [-0.25, -0.2) is 4.79 Å². The maximum Gasteiger partial charge on any atom is 0.325 e. The molecule has 1 aliphatic rings. The summed E-state index contributed by atoms with van der Waals surface area (Å²) in [6, 6.07) is -1.16. The molecule has 0 aliphatic carbocycles. The third-order valence-electron chi connectivity index (χ3n) is 2.69. The standard InChI is InChI=1S/C10H18N2O4/c1-7(9(13)14)11-10(15)12-4-3-8(5-12)6-16-2/h7-8H,3-6H2,1-2H3,(H,11,15)(H,13,14)/t7-,8?/m0/s1. The van der Waals surface area contributed by atoms with Crippen molar-refractivity contribution in [1.82, 2.24) is 10.2 Å². The van der Waals surface area contributed by atoms with Gasteiger partial charge in [-0.2, -0.15) is 0 Å². The molecule has 1 fully saturated rings. The summed E-state index contributed by atoms with van der Waals surface area (Å²) in [6.45, 7) is 3.37. The zero-order valence-electron chi connectivity index (χ0n) is 9.60. The molecule has 2 N–H and O–H groups in total. The number of likely N-dealkylation sites (tertiary alicyclic amines) is 1. The minimum absolute atomic E-state index is 0.312. The molecule has 16 heavy (non-hydrogen) atoms. The number of methoxy groups -OCH3 is 1. The Kier molecular flexibility index (Phi) is 4.54. The number of rotatable bonds is 4. The van der Waals surface area contributed by atoms with E-state index in [9.17, 15) is 9.59 Å². The molecule has 1 aliphatic heterocycles. The van der Waals surface area contributed by atoms with E-state index in [4.69, 9.17) is 9.84 Å². The molecule has 0 bridgehead atoms. The highest BCUT2D eigenvalue weighted by atomic mass is 16.5. The zero-order chi connectivity index (χ0) is 12.1. The highest BCUT2D eigenvalue weighted by Gasteiger charge is 2.27. The van der Waals surface area contributed by atoms with Crippen molar-refractivity contribution in [3.05, 3.63) is 0 Å². The van der Waals surface area contributed by atoms with Gasteiger partial charge in [-0.1, -0.05) is 0 Å². The van der Waals surface area contributed by atoms with Gasteiger partial charge in [0.1, 0.15) is 6.04 Å². The van der Waals surface area contributed by atoms with Crippen molar-refractivity contribution in [2.45, 2.75) is 19.4 Å². The van der Waals surface area contributed by atoms with Crippen LogP contribution in [0.1, 0.15) is 13.3 Å². The van der Waals surface area contributed by atoms with Crippen molar-refractivity contribution in [3.63, 3.8) is 0 Å². The second-order valence-corrected chi connectivity index (χ2v) is 4.07. The van der Waals surface area contributed by atoms with Crippen molar-refractivity contribution in [3.8, 4) is 0 Å². The van der Waals surface area contributed by atoms with Crippen LogP contribution in [0, 0.1) is 5.92 Å². The van der Waals surface area contributed by atoms with E-state index in [1.165, 1.54) is 6.92 Å². The molecule has 6 nitrogen and oxygen atoms in total. The fraction of sp³-hybridized carbons (Fsp3) is 0.800. The molecular weight excluding hydrogens is 212 g/mol. The predicted octanol–water partition coefficient (Wildman–Crippen LogP) is 0.137. The average molecular weight is 230 g/mol. The highest BCUT2D eigenvalue weighted by Crippen LogP contribution is 2.16. The Morgan fingerprint density at radius 2 is 2.31 bits per heavy atom. The first-order valence-electron chi connectivity index (χ1n) is 5.31. The summed E-state index contributed by atoms with van der Waals surface area (Å²) in [4.78, 5) is 23.8. The van der Waals surface area contributed by atoms with Crippen molar-refractivity contribution in [1.29, 1.82) is 0 Å². The van der Waals surface area contributed by atoms with Crippen LogP contribution in [0.4, 0.5) is 4.79 Å². The van der Waals surface area contributed by atoms with E-state index >= 15 is 0 Å². The Labute approximate surface area is 94.6 Å². The highest BCUT2D eigenvalue weighted by molar-refractivity contribution is 5.82. The van der Waals surface area contributed by atoms with E-state index in [2.05, 4.69) is 5.32 Å². The number of nitrogens with one attached hydrogen (secondary N) is 1. The van der Waals surface area contributed by atoms with Gasteiger partial charge in [-0.05, 0) is 13.3 Å². The van der Waals surface area contributed by atoms with Crippen molar-refractivity contribution < 1.29 is 19.4 Å². The van der Waals surface area contributed by atoms with E-state index in [0.29, 0.717) is 25.6 Å². The lowest BCUT2D eigenvalue weighted by atomic mass is 10.1. The number of carbonyl (C=O) groups is 2. The Morgan fingerprint density at radius 3 is 2.88 bits per heavy atom. The van der Waals surface area contributed by atoms with E-state index < -0.39 is 12.0 Å². The molecule has 1 rings (SSSR count). The maximum atomic E-state index is 11.6. The number of nitrogens with zero attached hydrogens (tertiary/aromatic N) is 1. The molecule has 0 saturated carbocycles. The smallest absolute Gasteiger partial charge is 0.325 e. The number of aliphatic carboxylic acids is 1. The molecule has 1 saturated heterocycles. The van der Waals surface area contributed by atoms with Gasteiger partial charge in [0.2, 0.25) is 0 Å². The Bertz CT molecular complexity index is 270. The van der Waals surface area contributed by atoms with E-state index in [0.717, 1.165) is 6.42 Å². The van der Waals surface area contributed by atoms with Gasteiger partial charge in [0, 0.05) is 26.1 Å². The number of hydrogen-bond donors (Lipinski definition) is 2. The summed E-state index contributed by atoms with van der Waals surface area (Å²) >= 11 is 0. The third-order valence-corrected chi connectivity index (χ3v) is 2.69. The maximum absolute atomic E-state index is 11.6. The summed E-state index contributed by atoms with van der Waals surface area (Å²) in [5.41, 5.74) is 0. The summed E-state index contributed by atoms with van der Waals surface area (Å²) in [5, 5.41) is 11.1. The topological polar surface area (TPSA) is 78.9 Å². The molecule has 0 aromatic carbocycles. The largest absolute Gasteiger partial charge is 0.480 e. The first-order chi connectivity index (χ1) is 7.54. The number of amides is 2. The Hall–Kier alpha value is -1.30. The van der Waals surface area contributed by atoms with Gasteiger partial charge in [-0.15, -0.1) is 0 Å². The molecular formula is C10H18N2O4. The van der Waals surface area contributed by atoms with Gasteiger partial charge >= 0.3 is 12.0 Å².